The minimum atomic E-state index is 0.656. The highest BCUT2D eigenvalue weighted by molar-refractivity contribution is 5.50. The van der Waals surface area contributed by atoms with Crippen LogP contribution in [-0.4, -0.2) is 16.5 Å². The normalized spacial score (nSPS) is 10.4. The van der Waals surface area contributed by atoms with Gasteiger partial charge >= 0.3 is 0 Å². The van der Waals surface area contributed by atoms with Gasteiger partial charge in [-0.3, -0.25) is 0 Å². The number of anilines is 1. The number of aromatic nitrogens is 2. The summed E-state index contributed by atoms with van der Waals surface area (Å²) in [5.41, 5.74) is 2.23. The van der Waals surface area contributed by atoms with E-state index in [1.807, 2.05) is 18.2 Å². The van der Waals surface area contributed by atoms with E-state index in [4.69, 9.17) is 4.74 Å². The molecule has 0 unspecified atom stereocenters. The van der Waals surface area contributed by atoms with Crippen molar-refractivity contribution in [3.8, 4) is 11.6 Å². The van der Waals surface area contributed by atoms with Gasteiger partial charge in [-0.15, -0.1) is 0 Å². The van der Waals surface area contributed by atoms with Gasteiger partial charge in [-0.2, -0.15) is 0 Å². The molecule has 0 aliphatic carbocycles. The molecule has 21 heavy (non-hydrogen) atoms. The second-order valence-corrected chi connectivity index (χ2v) is 4.85. The van der Waals surface area contributed by atoms with E-state index in [9.17, 15) is 0 Å². The number of hydrogen-bond acceptors (Lipinski definition) is 4. The molecule has 112 valence electrons. The third kappa shape index (κ3) is 3.72. The van der Waals surface area contributed by atoms with E-state index < -0.39 is 0 Å². The minimum Gasteiger partial charge on any atom is -0.438 e. The number of benzene rings is 1. The molecule has 1 aromatic heterocycles. The monoisotopic (exact) mass is 285 g/mol. The Balaban J connectivity index is 2.36. The van der Waals surface area contributed by atoms with E-state index in [0.29, 0.717) is 5.88 Å². The van der Waals surface area contributed by atoms with Crippen molar-refractivity contribution >= 4 is 5.82 Å². The Kier molecular flexibility index (Phi) is 5.55. The van der Waals surface area contributed by atoms with Gasteiger partial charge in [0.2, 0.25) is 5.88 Å². The zero-order valence-corrected chi connectivity index (χ0v) is 13.0. The summed E-state index contributed by atoms with van der Waals surface area (Å²) >= 11 is 0. The number of nitrogens with one attached hydrogen (secondary N) is 1. The standard InChI is InChI=1S/C17H23N3O/c1-4-9-14-16(18-6-3)19-12-20-17(14)21-15-11-8-7-10-13(15)5-2/h7-8,10-12H,4-6,9H2,1-3H3,(H,18,19,20). The number of nitrogens with zero attached hydrogens (tertiary/aromatic N) is 2. The third-order valence-corrected chi connectivity index (χ3v) is 3.31. The van der Waals surface area contributed by atoms with Gasteiger partial charge in [-0.05, 0) is 31.4 Å². The molecule has 0 fully saturated rings. The first kappa shape index (κ1) is 15.3. The van der Waals surface area contributed by atoms with E-state index in [2.05, 4.69) is 42.1 Å². The Morgan fingerprint density at radius 3 is 2.62 bits per heavy atom. The fourth-order valence-electron chi connectivity index (χ4n) is 2.28. The predicted octanol–water partition coefficient (Wildman–Crippen LogP) is 4.22. The average Bonchev–Trinajstić information content (AvgIpc) is 2.51. The molecule has 4 nitrogen and oxygen atoms in total. The predicted molar refractivity (Wildman–Crippen MR) is 86.1 cm³/mol. The van der Waals surface area contributed by atoms with Crippen LogP contribution in [0.25, 0.3) is 0 Å². The molecule has 0 atom stereocenters. The van der Waals surface area contributed by atoms with Gasteiger partial charge < -0.3 is 10.1 Å². The van der Waals surface area contributed by atoms with Crippen molar-refractivity contribution in [3.05, 3.63) is 41.7 Å². The van der Waals surface area contributed by atoms with Crippen molar-refractivity contribution in [2.45, 2.75) is 40.0 Å². The molecule has 1 N–H and O–H groups in total. The minimum absolute atomic E-state index is 0.656. The lowest BCUT2D eigenvalue weighted by atomic mass is 10.1. The summed E-state index contributed by atoms with van der Waals surface area (Å²) in [5, 5.41) is 3.28. The maximum absolute atomic E-state index is 6.08. The molecule has 2 aromatic rings. The molecule has 1 aromatic carbocycles. The highest BCUT2D eigenvalue weighted by Gasteiger charge is 2.13. The first-order chi connectivity index (χ1) is 10.3. The average molecular weight is 285 g/mol. The SMILES string of the molecule is CCCc1c(NCC)ncnc1Oc1ccccc1CC. The van der Waals surface area contributed by atoms with Crippen LogP contribution in [0.15, 0.2) is 30.6 Å². The fourth-order valence-corrected chi connectivity index (χ4v) is 2.28. The fraction of sp³-hybridized carbons (Fsp3) is 0.412. The number of para-hydroxylation sites is 1. The van der Waals surface area contributed by atoms with Crippen molar-refractivity contribution in [1.82, 2.24) is 9.97 Å². The molecule has 0 amide bonds. The van der Waals surface area contributed by atoms with Crippen molar-refractivity contribution in [3.63, 3.8) is 0 Å². The van der Waals surface area contributed by atoms with Crippen LogP contribution in [0, 0.1) is 0 Å². The lowest BCUT2D eigenvalue weighted by Crippen LogP contribution is -2.06. The molecule has 0 bridgehead atoms. The van der Waals surface area contributed by atoms with Crippen molar-refractivity contribution < 1.29 is 4.74 Å². The summed E-state index contributed by atoms with van der Waals surface area (Å²) in [4.78, 5) is 8.67. The van der Waals surface area contributed by atoms with Gasteiger partial charge in [0.15, 0.2) is 0 Å². The summed E-state index contributed by atoms with van der Waals surface area (Å²) < 4.78 is 6.08. The summed E-state index contributed by atoms with van der Waals surface area (Å²) in [7, 11) is 0. The third-order valence-electron chi connectivity index (χ3n) is 3.31. The zero-order valence-electron chi connectivity index (χ0n) is 13.0. The van der Waals surface area contributed by atoms with Crippen molar-refractivity contribution in [2.24, 2.45) is 0 Å². The van der Waals surface area contributed by atoms with E-state index >= 15 is 0 Å². The number of ether oxygens (including phenoxy) is 1. The molecule has 0 aliphatic heterocycles. The smallest absolute Gasteiger partial charge is 0.227 e. The van der Waals surface area contributed by atoms with Crippen molar-refractivity contribution in [1.29, 1.82) is 0 Å². The molecular formula is C17H23N3O. The van der Waals surface area contributed by atoms with Crippen LogP contribution in [0.5, 0.6) is 11.6 Å². The van der Waals surface area contributed by atoms with Gasteiger partial charge in [0.05, 0.1) is 5.56 Å². The van der Waals surface area contributed by atoms with Crippen LogP contribution in [0.4, 0.5) is 5.82 Å². The molecule has 0 aliphatic rings. The Morgan fingerprint density at radius 1 is 1.10 bits per heavy atom. The molecule has 0 saturated heterocycles. The molecule has 4 heteroatoms. The van der Waals surface area contributed by atoms with Crippen LogP contribution in [0.3, 0.4) is 0 Å². The van der Waals surface area contributed by atoms with Gasteiger partial charge in [0, 0.05) is 6.54 Å². The maximum atomic E-state index is 6.08. The first-order valence-corrected chi connectivity index (χ1v) is 7.63. The quantitative estimate of drug-likeness (QED) is 0.827. The zero-order chi connectivity index (χ0) is 15.1. The van der Waals surface area contributed by atoms with Crippen LogP contribution in [-0.2, 0) is 12.8 Å². The Hall–Kier alpha value is -2.10. The van der Waals surface area contributed by atoms with E-state index in [1.54, 1.807) is 6.33 Å². The number of aryl methyl sites for hydroxylation is 1. The van der Waals surface area contributed by atoms with Crippen LogP contribution < -0.4 is 10.1 Å². The number of rotatable bonds is 7. The Bertz CT molecular complexity index is 584. The van der Waals surface area contributed by atoms with Crippen LogP contribution in [0.1, 0.15) is 38.3 Å². The molecule has 0 radical (unpaired) electrons. The second-order valence-electron chi connectivity index (χ2n) is 4.85. The van der Waals surface area contributed by atoms with E-state index in [1.165, 1.54) is 5.56 Å². The maximum Gasteiger partial charge on any atom is 0.227 e. The topological polar surface area (TPSA) is 47.0 Å². The van der Waals surface area contributed by atoms with Crippen molar-refractivity contribution in [2.75, 3.05) is 11.9 Å². The summed E-state index contributed by atoms with van der Waals surface area (Å²) in [6.07, 6.45) is 4.41. The molecule has 1 heterocycles. The first-order valence-electron chi connectivity index (χ1n) is 7.63. The molecule has 0 saturated carbocycles. The second kappa shape index (κ2) is 7.62. The van der Waals surface area contributed by atoms with Gasteiger partial charge in [0.25, 0.3) is 0 Å². The lowest BCUT2D eigenvalue weighted by molar-refractivity contribution is 0.449. The summed E-state index contributed by atoms with van der Waals surface area (Å²) in [5.74, 6) is 2.40. The molecule has 2 rings (SSSR count). The van der Waals surface area contributed by atoms with E-state index in [-0.39, 0.29) is 0 Å². The Morgan fingerprint density at radius 2 is 1.90 bits per heavy atom. The van der Waals surface area contributed by atoms with E-state index in [0.717, 1.165) is 42.9 Å². The number of hydrogen-bond donors (Lipinski definition) is 1. The lowest BCUT2D eigenvalue weighted by Gasteiger charge is -2.15. The van der Waals surface area contributed by atoms with Gasteiger partial charge in [-0.1, -0.05) is 38.5 Å². The highest BCUT2D eigenvalue weighted by atomic mass is 16.5. The van der Waals surface area contributed by atoms with Gasteiger partial charge in [0.1, 0.15) is 17.9 Å². The summed E-state index contributed by atoms with van der Waals surface area (Å²) in [6.45, 7) is 7.16. The largest absolute Gasteiger partial charge is 0.438 e. The molecular weight excluding hydrogens is 262 g/mol. The highest BCUT2D eigenvalue weighted by Crippen LogP contribution is 2.30. The summed E-state index contributed by atoms with van der Waals surface area (Å²) in [6, 6.07) is 8.09. The Labute approximate surface area is 126 Å². The van der Waals surface area contributed by atoms with Crippen LogP contribution in [0.2, 0.25) is 0 Å². The van der Waals surface area contributed by atoms with Crippen LogP contribution >= 0.6 is 0 Å². The molecule has 0 spiro atoms. The van der Waals surface area contributed by atoms with Gasteiger partial charge in [-0.25, -0.2) is 9.97 Å².